The Hall–Kier alpha value is -1.19. The van der Waals surface area contributed by atoms with E-state index in [1.54, 1.807) is 4.90 Å². The van der Waals surface area contributed by atoms with Crippen LogP contribution in [0.4, 0.5) is 5.69 Å². The van der Waals surface area contributed by atoms with Gasteiger partial charge in [0.15, 0.2) is 0 Å². The largest absolute Gasteiger partial charge is 0.480 e. The second-order valence-electron chi connectivity index (χ2n) is 4.56. The number of carbonyl (C=O) groups excluding carboxylic acids is 1. The van der Waals surface area contributed by atoms with E-state index in [1.165, 1.54) is 0 Å². The van der Waals surface area contributed by atoms with Gasteiger partial charge in [0, 0.05) is 23.2 Å². The van der Waals surface area contributed by atoms with Crippen LogP contribution in [0.2, 0.25) is 0 Å². The van der Waals surface area contributed by atoms with E-state index in [0.29, 0.717) is 19.6 Å². The number of nitrogens with zero attached hydrogens (tertiary/aromatic N) is 1. The van der Waals surface area contributed by atoms with Gasteiger partial charge in [0.25, 0.3) is 0 Å². The van der Waals surface area contributed by atoms with Crippen molar-refractivity contribution in [3.63, 3.8) is 0 Å². The van der Waals surface area contributed by atoms with Gasteiger partial charge >= 0.3 is 5.97 Å². The van der Waals surface area contributed by atoms with Crippen molar-refractivity contribution < 1.29 is 14.7 Å². The summed E-state index contributed by atoms with van der Waals surface area (Å²) >= 11 is 2.15. The second kappa shape index (κ2) is 7.00. The van der Waals surface area contributed by atoms with Crippen LogP contribution in [0.1, 0.15) is 0 Å². The summed E-state index contributed by atoms with van der Waals surface area (Å²) in [5, 5.41) is 15.0. The molecular formula is C13H16IN3O3. The number of para-hydroxylation sites is 1. The number of rotatable bonds is 4. The lowest BCUT2D eigenvalue weighted by Gasteiger charge is -2.32. The van der Waals surface area contributed by atoms with Gasteiger partial charge in [-0.3, -0.25) is 14.5 Å². The van der Waals surface area contributed by atoms with Crippen molar-refractivity contribution in [3.8, 4) is 0 Å². The summed E-state index contributed by atoms with van der Waals surface area (Å²) in [4.78, 5) is 24.9. The molecule has 1 unspecified atom stereocenters. The number of carbonyl (C=O) groups is 2. The molecule has 1 saturated heterocycles. The van der Waals surface area contributed by atoms with Gasteiger partial charge in [-0.2, -0.15) is 0 Å². The maximum absolute atomic E-state index is 12.0. The molecule has 1 atom stereocenters. The van der Waals surface area contributed by atoms with Crippen LogP contribution in [0.15, 0.2) is 24.3 Å². The van der Waals surface area contributed by atoms with E-state index in [-0.39, 0.29) is 12.5 Å². The maximum Gasteiger partial charge on any atom is 0.322 e. The minimum atomic E-state index is -0.903. The highest BCUT2D eigenvalue weighted by Gasteiger charge is 2.29. The van der Waals surface area contributed by atoms with Crippen molar-refractivity contribution in [2.45, 2.75) is 6.04 Å². The summed E-state index contributed by atoms with van der Waals surface area (Å²) in [6, 6.07) is 6.83. The van der Waals surface area contributed by atoms with Crippen LogP contribution >= 0.6 is 22.6 Å². The van der Waals surface area contributed by atoms with Crippen LogP contribution < -0.4 is 10.6 Å². The van der Waals surface area contributed by atoms with Gasteiger partial charge in [0.05, 0.1) is 12.2 Å². The molecule has 3 N–H and O–H groups in total. The number of aliphatic carboxylic acids is 1. The van der Waals surface area contributed by atoms with Crippen molar-refractivity contribution in [1.29, 1.82) is 0 Å². The van der Waals surface area contributed by atoms with Crippen LogP contribution in [-0.2, 0) is 9.59 Å². The van der Waals surface area contributed by atoms with E-state index in [0.717, 1.165) is 9.26 Å². The fourth-order valence-electron chi connectivity index (χ4n) is 2.12. The summed E-state index contributed by atoms with van der Waals surface area (Å²) in [7, 11) is 0. The number of nitrogens with one attached hydrogen (secondary N) is 2. The standard InChI is InChI=1S/C13H16IN3O3/c14-9-3-1-2-4-10(9)16-12(18)8-17-6-5-15-7-11(17)13(19)20/h1-4,11,15H,5-8H2,(H,16,18)(H,19,20). The highest BCUT2D eigenvalue weighted by molar-refractivity contribution is 14.1. The predicted molar refractivity (Wildman–Crippen MR) is 83.7 cm³/mol. The van der Waals surface area contributed by atoms with E-state index >= 15 is 0 Å². The van der Waals surface area contributed by atoms with E-state index in [4.69, 9.17) is 5.11 Å². The molecule has 0 bridgehead atoms. The monoisotopic (exact) mass is 389 g/mol. The Morgan fingerprint density at radius 2 is 2.20 bits per heavy atom. The van der Waals surface area contributed by atoms with Gasteiger partial charge in [-0.15, -0.1) is 0 Å². The van der Waals surface area contributed by atoms with Gasteiger partial charge in [-0.25, -0.2) is 0 Å². The van der Waals surface area contributed by atoms with Crippen LogP contribution in [0, 0.1) is 3.57 Å². The number of benzene rings is 1. The first kappa shape index (κ1) is 15.2. The van der Waals surface area contributed by atoms with Crippen LogP contribution in [-0.4, -0.2) is 54.1 Å². The fraction of sp³-hybridized carbons (Fsp3) is 0.385. The number of carboxylic acids is 1. The van der Waals surface area contributed by atoms with Gasteiger partial charge in [-0.1, -0.05) is 12.1 Å². The van der Waals surface area contributed by atoms with Crippen molar-refractivity contribution >= 4 is 40.2 Å². The molecule has 1 aromatic rings. The minimum absolute atomic E-state index is 0.0869. The zero-order valence-corrected chi connectivity index (χ0v) is 13.0. The minimum Gasteiger partial charge on any atom is -0.480 e. The van der Waals surface area contributed by atoms with Crippen LogP contribution in [0.25, 0.3) is 0 Å². The molecule has 2 rings (SSSR count). The molecule has 1 aliphatic rings. The number of halogens is 1. The van der Waals surface area contributed by atoms with Crippen molar-refractivity contribution in [2.75, 3.05) is 31.5 Å². The molecule has 1 fully saturated rings. The molecule has 1 aromatic carbocycles. The Morgan fingerprint density at radius 3 is 2.90 bits per heavy atom. The third-order valence-corrected chi connectivity index (χ3v) is 4.07. The van der Waals surface area contributed by atoms with Crippen molar-refractivity contribution in [3.05, 3.63) is 27.8 Å². The summed E-state index contributed by atoms with van der Waals surface area (Å²) in [5.74, 6) is -1.10. The third kappa shape index (κ3) is 3.90. The number of piperazine rings is 1. The maximum atomic E-state index is 12.0. The first-order chi connectivity index (χ1) is 9.58. The zero-order chi connectivity index (χ0) is 14.5. The summed E-state index contributed by atoms with van der Waals surface area (Å²) in [5.41, 5.74) is 0.750. The Bertz CT molecular complexity index is 509. The van der Waals surface area contributed by atoms with Crippen molar-refractivity contribution in [2.24, 2.45) is 0 Å². The van der Waals surface area contributed by atoms with E-state index in [1.807, 2.05) is 24.3 Å². The summed E-state index contributed by atoms with van der Waals surface area (Å²) < 4.78 is 0.952. The molecule has 0 spiro atoms. The Kier molecular flexibility index (Phi) is 5.32. The normalized spacial score (nSPS) is 19.6. The quantitative estimate of drug-likeness (QED) is 0.657. The molecule has 0 aliphatic carbocycles. The van der Waals surface area contributed by atoms with Gasteiger partial charge in [-0.05, 0) is 34.7 Å². The Labute approximate surface area is 130 Å². The third-order valence-electron chi connectivity index (χ3n) is 3.13. The number of carboxylic acid groups (broad SMARTS) is 1. The van der Waals surface area contributed by atoms with Gasteiger partial charge < -0.3 is 15.7 Å². The molecule has 7 heteroatoms. The molecule has 1 aliphatic heterocycles. The number of hydrogen-bond donors (Lipinski definition) is 3. The molecule has 20 heavy (non-hydrogen) atoms. The number of anilines is 1. The molecule has 0 radical (unpaired) electrons. The van der Waals surface area contributed by atoms with Crippen LogP contribution in [0.3, 0.4) is 0 Å². The molecule has 6 nitrogen and oxygen atoms in total. The Balaban J connectivity index is 1.96. The molecule has 1 amide bonds. The molecule has 1 heterocycles. The average Bonchev–Trinajstić information content (AvgIpc) is 2.41. The van der Waals surface area contributed by atoms with Crippen LogP contribution in [0.5, 0.6) is 0 Å². The first-order valence-electron chi connectivity index (χ1n) is 6.30. The fourth-order valence-corrected chi connectivity index (χ4v) is 2.64. The van der Waals surface area contributed by atoms with Gasteiger partial charge in [0.1, 0.15) is 6.04 Å². The van der Waals surface area contributed by atoms with E-state index < -0.39 is 12.0 Å². The lowest BCUT2D eigenvalue weighted by molar-refractivity contribution is -0.144. The smallest absolute Gasteiger partial charge is 0.322 e. The molecule has 108 valence electrons. The summed E-state index contributed by atoms with van der Waals surface area (Å²) in [6.45, 7) is 1.70. The predicted octanol–water partition coefficient (Wildman–Crippen LogP) is 0.588. The first-order valence-corrected chi connectivity index (χ1v) is 7.38. The van der Waals surface area contributed by atoms with E-state index in [9.17, 15) is 9.59 Å². The number of amides is 1. The number of hydrogen-bond acceptors (Lipinski definition) is 4. The molecule has 0 aromatic heterocycles. The topological polar surface area (TPSA) is 81.7 Å². The summed E-state index contributed by atoms with van der Waals surface area (Å²) in [6.07, 6.45) is 0. The highest BCUT2D eigenvalue weighted by atomic mass is 127. The average molecular weight is 389 g/mol. The zero-order valence-electron chi connectivity index (χ0n) is 10.8. The lowest BCUT2D eigenvalue weighted by atomic mass is 10.2. The lowest BCUT2D eigenvalue weighted by Crippen LogP contribution is -2.56. The highest BCUT2D eigenvalue weighted by Crippen LogP contribution is 2.17. The van der Waals surface area contributed by atoms with Crippen molar-refractivity contribution in [1.82, 2.24) is 10.2 Å². The van der Waals surface area contributed by atoms with E-state index in [2.05, 4.69) is 33.2 Å². The SMILES string of the molecule is O=C(CN1CCNCC1C(=O)O)Nc1ccccc1I. The Morgan fingerprint density at radius 1 is 1.45 bits per heavy atom. The molecular weight excluding hydrogens is 373 g/mol. The second-order valence-corrected chi connectivity index (χ2v) is 5.72. The van der Waals surface area contributed by atoms with Gasteiger partial charge in [0.2, 0.25) is 5.91 Å². The molecule has 0 saturated carbocycles.